The van der Waals surface area contributed by atoms with E-state index in [-0.39, 0.29) is 23.4 Å². The van der Waals surface area contributed by atoms with E-state index >= 15 is 0 Å². The van der Waals surface area contributed by atoms with Gasteiger partial charge in [-0.1, -0.05) is 31.4 Å². The quantitative estimate of drug-likeness (QED) is 0.362. The van der Waals surface area contributed by atoms with Gasteiger partial charge in [-0.25, -0.2) is 0 Å². The molecular weight excluding hydrogens is 396 g/mol. The molecule has 1 saturated carbocycles. The summed E-state index contributed by atoms with van der Waals surface area (Å²) in [5.74, 6) is 1.40. The van der Waals surface area contributed by atoms with Crippen LogP contribution in [-0.2, 0) is 4.79 Å². The highest BCUT2D eigenvalue weighted by molar-refractivity contribution is 6.14. The predicted octanol–water partition coefficient (Wildman–Crippen LogP) is 5.20. The Morgan fingerprint density at radius 2 is 1.97 bits per heavy atom. The lowest BCUT2D eigenvalue weighted by Gasteiger charge is -2.21. The molecule has 2 aromatic rings. The van der Waals surface area contributed by atoms with Gasteiger partial charge in [0.15, 0.2) is 17.3 Å². The average Bonchev–Trinajstić information content (AvgIpc) is 3.11. The number of methoxy groups -OCH3 is 1. The van der Waals surface area contributed by atoms with Crippen molar-refractivity contribution < 1.29 is 28.5 Å². The summed E-state index contributed by atoms with van der Waals surface area (Å²) in [6.45, 7) is 2.29. The maximum absolute atomic E-state index is 12.8. The van der Waals surface area contributed by atoms with Gasteiger partial charge in [0.25, 0.3) is 0 Å². The first kappa shape index (κ1) is 21.0. The second-order valence-corrected chi connectivity index (χ2v) is 7.67. The van der Waals surface area contributed by atoms with Gasteiger partial charge >= 0.3 is 5.97 Å². The van der Waals surface area contributed by atoms with Crippen LogP contribution in [0.25, 0.3) is 6.08 Å². The first-order valence-electron chi connectivity index (χ1n) is 10.7. The number of rotatable bonds is 6. The van der Waals surface area contributed by atoms with E-state index in [0.717, 1.165) is 32.1 Å². The molecule has 2 aromatic carbocycles. The molecule has 2 aliphatic rings. The Bertz CT molecular complexity index is 1020. The van der Waals surface area contributed by atoms with Gasteiger partial charge in [0.1, 0.15) is 11.5 Å². The topological polar surface area (TPSA) is 71.1 Å². The van der Waals surface area contributed by atoms with Crippen molar-refractivity contribution in [3.8, 4) is 23.0 Å². The molecule has 4 rings (SSSR count). The Morgan fingerprint density at radius 3 is 2.71 bits per heavy atom. The van der Waals surface area contributed by atoms with Crippen molar-refractivity contribution in [2.24, 2.45) is 5.92 Å². The van der Waals surface area contributed by atoms with Crippen LogP contribution in [0.15, 0.2) is 42.2 Å². The maximum atomic E-state index is 12.8. The van der Waals surface area contributed by atoms with Gasteiger partial charge in [-0.3, -0.25) is 9.59 Å². The molecule has 1 heterocycles. The summed E-state index contributed by atoms with van der Waals surface area (Å²) in [6, 6.07) is 10.4. The lowest BCUT2D eigenvalue weighted by Crippen LogP contribution is -2.23. The molecule has 0 bridgehead atoms. The van der Waals surface area contributed by atoms with E-state index in [0.29, 0.717) is 40.7 Å². The smallest absolute Gasteiger partial charge is 0.314 e. The van der Waals surface area contributed by atoms with E-state index in [1.807, 2.05) is 6.92 Å². The number of benzene rings is 2. The molecule has 1 fully saturated rings. The number of ether oxygens (including phenoxy) is 4. The Hall–Kier alpha value is -3.28. The van der Waals surface area contributed by atoms with Crippen LogP contribution in [0.3, 0.4) is 0 Å². The number of para-hydroxylation sites is 1. The number of ketones is 1. The van der Waals surface area contributed by atoms with Crippen molar-refractivity contribution in [2.45, 2.75) is 39.0 Å². The fourth-order valence-electron chi connectivity index (χ4n) is 3.98. The fraction of sp³-hybridized carbons (Fsp3) is 0.360. The molecule has 0 atom stereocenters. The lowest BCUT2D eigenvalue weighted by molar-refractivity contribution is -0.140. The Kier molecular flexibility index (Phi) is 6.26. The largest absolute Gasteiger partial charge is 0.497 e. The Morgan fingerprint density at radius 1 is 1.16 bits per heavy atom. The molecule has 6 nitrogen and oxygen atoms in total. The second kappa shape index (κ2) is 9.25. The molecule has 1 aliphatic heterocycles. The molecule has 0 unspecified atom stereocenters. The highest BCUT2D eigenvalue weighted by Gasteiger charge is 2.29. The first-order valence-corrected chi connectivity index (χ1v) is 10.7. The van der Waals surface area contributed by atoms with E-state index in [1.165, 1.54) is 0 Å². The third-order valence-electron chi connectivity index (χ3n) is 5.61. The fourth-order valence-corrected chi connectivity index (χ4v) is 3.98. The van der Waals surface area contributed by atoms with Gasteiger partial charge in [0, 0.05) is 11.6 Å². The molecule has 31 heavy (non-hydrogen) atoms. The highest BCUT2D eigenvalue weighted by Crippen LogP contribution is 2.38. The lowest BCUT2D eigenvalue weighted by atomic mass is 9.89. The van der Waals surface area contributed by atoms with Crippen LogP contribution in [0.2, 0.25) is 0 Å². The summed E-state index contributed by atoms with van der Waals surface area (Å²) >= 11 is 0. The molecule has 0 saturated heterocycles. The van der Waals surface area contributed by atoms with Crippen molar-refractivity contribution in [1.29, 1.82) is 0 Å². The normalized spacial score (nSPS) is 17.2. The number of fused-ring (bicyclic) bond motifs is 1. The number of hydrogen-bond donors (Lipinski definition) is 0. The van der Waals surface area contributed by atoms with E-state index < -0.39 is 0 Å². The number of carbonyl (C=O) groups is 2. The van der Waals surface area contributed by atoms with Crippen molar-refractivity contribution in [3.63, 3.8) is 0 Å². The number of carbonyl (C=O) groups excluding carboxylic acids is 2. The third-order valence-corrected chi connectivity index (χ3v) is 5.61. The molecular formula is C25H26O6. The van der Waals surface area contributed by atoms with Crippen LogP contribution >= 0.6 is 0 Å². The zero-order chi connectivity index (χ0) is 21.8. The number of esters is 1. The first-order chi connectivity index (χ1) is 15.1. The van der Waals surface area contributed by atoms with Crippen LogP contribution in [0.5, 0.6) is 23.0 Å². The standard InChI is InChI=1S/C25H26O6/c1-3-29-20-11-7-10-17(24(20)31-25(27)16-8-5-4-6-9-16)14-22-23(26)19-13-12-18(28-2)15-21(19)30-22/h7,10-16H,3-6,8-9H2,1-2H3/b22-14-. The minimum absolute atomic E-state index is 0.106. The van der Waals surface area contributed by atoms with Crippen molar-refractivity contribution >= 4 is 17.8 Å². The predicted molar refractivity (Wildman–Crippen MR) is 116 cm³/mol. The minimum Gasteiger partial charge on any atom is -0.497 e. The number of Topliss-reactive ketones (excluding diaryl/α,β-unsaturated/α-hetero) is 1. The SMILES string of the molecule is CCOc1cccc(/C=C2\Oc3cc(OC)ccc3C2=O)c1OC(=O)C1CCCCC1. The van der Waals surface area contributed by atoms with Crippen LogP contribution < -0.4 is 18.9 Å². The van der Waals surface area contributed by atoms with Gasteiger partial charge in [0.05, 0.1) is 25.2 Å². The van der Waals surface area contributed by atoms with Crippen molar-refractivity contribution in [1.82, 2.24) is 0 Å². The van der Waals surface area contributed by atoms with Gasteiger partial charge in [-0.2, -0.15) is 0 Å². The number of allylic oxidation sites excluding steroid dienone is 1. The minimum atomic E-state index is -0.252. The Labute approximate surface area is 181 Å². The molecule has 6 heteroatoms. The van der Waals surface area contributed by atoms with Gasteiger partial charge in [0.2, 0.25) is 5.78 Å². The van der Waals surface area contributed by atoms with Crippen LogP contribution in [0, 0.1) is 5.92 Å². The summed E-state index contributed by atoms with van der Waals surface area (Å²) in [5, 5.41) is 0. The molecule has 0 amide bonds. The van der Waals surface area contributed by atoms with Crippen LogP contribution in [0.4, 0.5) is 0 Å². The van der Waals surface area contributed by atoms with Gasteiger partial charge < -0.3 is 18.9 Å². The van der Waals surface area contributed by atoms with E-state index in [1.54, 1.807) is 49.6 Å². The van der Waals surface area contributed by atoms with Gasteiger partial charge in [-0.15, -0.1) is 0 Å². The summed E-state index contributed by atoms with van der Waals surface area (Å²) in [5.41, 5.74) is 1.02. The van der Waals surface area contributed by atoms with Crippen LogP contribution in [-0.4, -0.2) is 25.5 Å². The van der Waals surface area contributed by atoms with E-state index in [2.05, 4.69) is 0 Å². The molecule has 0 aromatic heterocycles. The van der Waals surface area contributed by atoms with Gasteiger partial charge in [-0.05, 0) is 44.0 Å². The van der Waals surface area contributed by atoms with Crippen molar-refractivity contribution in [3.05, 3.63) is 53.3 Å². The zero-order valence-corrected chi connectivity index (χ0v) is 17.8. The molecule has 0 N–H and O–H groups in total. The highest BCUT2D eigenvalue weighted by atomic mass is 16.6. The van der Waals surface area contributed by atoms with Crippen LogP contribution in [0.1, 0.15) is 54.9 Å². The van der Waals surface area contributed by atoms with E-state index in [4.69, 9.17) is 18.9 Å². The summed E-state index contributed by atoms with van der Waals surface area (Å²) in [4.78, 5) is 25.6. The monoisotopic (exact) mass is 422 g/mol. The van der Waals surface area contributed by atoms with E-state index in [9.17, 15) is 9.59 Å². The second-order valence-electron chi connectivity index (χ2n) is 7.67. The summed E-state index contributed by atoms with van der Waals surface area (Å²) in [6.07, 6.45) is 6.50. The average molecular weight is 422 g/mol. The zero-order valence-electron chi connectivity index (χ0n) is 17.8. The molecule has 0 spiro atoms. The molecule has 162 valence electrons. The Balaban J connectivity index is 1.65. The molecule has 1 aliphatic carbocycles. The third kappa shape index (κ3) is 4.43. The summed E-state index contributed by atoms with van der Waals surface area (Å²) < 4.78 is 22.5. The number of hydrogen-bond acceptors (Lipinski definition) is 6. The maximum Gasteiger partial charge on any atom is 0.314 e. The van der Waals surface area contributed by atoms with Crippen molar-refractivity contribution in [2.75, 3.05) is 13.7 Å². The molecule has 0 radical (unpaired) electrons. The summed E-state index contributed by atoms with van der Waals surface area (Å²) in [7, 11) is 1.56.